The molecule has 0 spiro atoms. The Bertz CT molecular complexity index is 860. The number of benzene rings is 1. The van der Waals surface area contributed by atoms with Gasteiger partial charge in [-0.25, -0.2) is 9.78 Å². The molecule has 26 heavy (non-hydrogen) atoms. The van der Waals surface area contributed by atoms with Crippen molar-refractivity contribution in [3.63, 3.8) is 0 Å². The van der Waals surface area contributed by atoms with E-state index in [-0.39, 0.29) is 11.4 Å². The van der Waals surface area contributed by atoms with Gasteiger partial charge in [-0.3, -0.25) is 0 Å². The Balaban J connectivity index is 1.75. The van der Waals surface area contributed by atoms with Crippen LogP contribution in [0.25, 0.3) is 0 Å². The number of hydrogen-bond donors (Lipinski definition) is 0. The van der Waals surface area contributed by atoms with Crippen LogP contribution in [0.2, 0.25) is 0 Å². The molecule has 0 amide bonds. The minimum absolute atomic E-state index is 0.0323. The molecule has 1 aliphatic rings. The van der Waals surface area contributed by atoms with E-state index in [0.717, 1.165) is 11.3 Å². The number of carbonyl (C=O) groups excluding carboxylic acids is 1. The zero-order chi connectivity index (χ0) is 18.6. The molecule has 1 aromatic heterocycles. The molecular weight excluding hydrogens is 330 g/mol. The summed E-state index contributed by atoms with van der Waals surface area (Å²) < 4.78 is 16.6. The minimum atomic E-state index is -0.384. The third kappa shape index (κ3) is 4.34. The molecule has 0 fully saturated rings. The fourth-order valence-corrected chi connectivity index (χ4v) is 2.34. The molecule has 5 nitrogen and oxygen atoms in total. The average molecular weight is 351 g/mol. The molecule has 1 aliphatic heterocycles. The van der Waals surface area contributed by atoms with Crippen molar-refractivity contribution < 1.29 is 19.0 Å². The van der Waals surface area contributed by atoms with Gasteiger partial charge < -0.3 is 14.2 Å². The van der Waals surface area contributed by atoms with Crippen LogP contribution < -0.4 is 9.47 Å². The molecule has 5 heteroatoms. The van der Waals surface area contributed by atoms with Crippen molar-refractivity contribution in [3.8, 4) is 23.3 Å². The first kappa shape index (κ1) is 17.8. The second-order valence-corrected chi connectivity index (χ2v) is 6.81. The van der Waals surface area contributed by atoms with Crippen LogP contribution in [0.15, 0.2) is 36.5 Å². The van der Waals surface area contributed by atoms with Crippen LogP contribution in [-0.4, -0.2) is 30.8 Å². The highest BCUT2D eigenvalue weighted by atomic mass is 16.5. The molecule has 2 aromatic rings. The molecule has 0 unspecified atom stereocenters. The quantitative estimate of drug-likeness (QED) is 0.613. The van der Waals surface area contributed by atoms with E-state index in [1.165, 1.54) is 6.20 Å². The fraction of sp³-hybridized carbons (Fsp3) is 0.333. The lowest BCUT2D eigenvalue weighted by molar-refractivity contribution is 0.0526. The number of rotatable bonds is 2. The summed E-state index contributed by atoms with van der Waals surface area (Å²) in [5.41, 5.74) is 1.76. The molecule has 0 radical (unpaired) electrons. The van der Waals surface area contributed by atoms with Crippen LogP contribution in [0.4, 0.5) is 0 Å². The molecule has 0 saturated carbocycles. The van der Waals surface area contributed by atoms with Crippen LogP contribution in [0, 0.1) is 17.3 Å². The second-order valence-electron chi connectivity index (χ2n) is 6.81. The Morgan fingerprint density at radius 2 is 1.92 bits per heavy atom. The monoisotopic (exact) mass is 351 g/mol. The first-order chi connectivity index (χ1) is 12.5. The van der Waals surface area contributed by atoms with Crippen LogP contribution in [-0.2, 0) is 4.74 Å². The van der Waals surface area contributed by atoms with E-state index >= 15 is 0 Å². The fourth-order valence-electron chi connectivity index (χ4n) is 2.34. The van der Waals surface area contributed by atoms with Gasteiger partial charge in [-0.2, -0.15) is 0 Å². The lowest BCUT2D eigenvalue weighted by Gasteiger charge is -2.19. The predicted molar refractivity (Wildman–Crippen MR) is 97.4 cm³/mol. The van der Waals surface area contributed by atoms with Crippen molar-refractivity contribution in [2.75, 3.05) is 19.8 Å². The van der Waals surface area contributed by atoms with Gasteiger partial charge in [0.25, 0.3) is 0 Å². The lowest BCUT2D eigenvalue weighted by Crippen LogP contribution is -2.26. The van der Waals surface area contributed by atoms with Crippen molar-refractivity contribution in [2.45, 2.75) is 20.8 Å². The van der Waals surface area contributed by atoms with Gasteiger partial charge in [-0.1, -0.05) is 19.8 Å². The Hall–Kier alpha value is -3.00. The molecule has 2 heterocycles. The summed E-state index contributed by atoms with van der Waals surface area (Å²) in [5, 5.41) is 0. The molecule has 0 N–H and O–H groups in total. The maximum absolute atomic E-state index is 11.6. The number of fused-ring (bicyclic) bond motifs is 1. The van der Waals surface area contributed by atoms with Gasteiger partial charge in [0.2, 0.25) is 0 Å². The number of pyridine rings is 1. The number of hydrogen-bond acceptors (Lipinski definition) is 5. The van der Waals surface area contributed by atoms with Gasteiger partial charge in [0.15, 0.2) is 11.5 Å². The lowest BCUT2D eigenvalue weighted by atomic mass is 9.97. The van der Waals surface area contributed by atoms with Crippen LogP contribution in [0.1, 0.15) is 42.4 Å². The highest BCUT2D eigenvalue weighted by molar-refractivity contribution is 5.89. The number of carbonyl (C=O) groups is 1. The standard InChI is InChI=1S/C21H21NO4/c1-4-24-20(23)16-7-9-17(22-12-16)8-5-15-6-10-18-19(11-15)26-14-21(2,3)13-25-18/h6-7,9-12H,4,13-14H2,1-3H3. The van der Waals surface area contributed by atoms with E-state index in [2.05, 4.69) is 30.7 Å². The highest BCUT2D eigenvalue weighted by Crippen LogP contribution is 2.34. The summed E-state index contributed by atoms with van der Waals surface area (Å²) in [5.74, 6) is 7.10. The molecule has 134 valence electrons. The van der Waals surface area contributed by atoms with Gasteiger partial charge in [0.05, 0.1) is 25.4 Å². The summed E-state index contributed by atoms with van der Waals surface area (Å²) in [6, 6.07) is 8.99. The van der Waals surface area contributed by atoms with Crippen LogP contribution in [0.3, 0.4) is 0 Å². The number of esters is 1. The first-order valence-electron chi connectivity index (χ1n) is 8.52. The van der Waals surface area contributed by atoms with E-state index in [9.17, 15) is 4.79 Å². The van der Waals surface area contributed by atoms with Crippen molar-refractivity contribution >= 4 is 5.97 Å². The molecule has 1 aromatic carbocycles. The van der Waals surface area contributed by atoms with Crippen molar-refractivity contribution in [1.29, 1.82) is 0 Å². The van der Waals surface area contributed by atoms with Gasteiger partial charge in [-0.05, 0) is 43.2 Å². The molecule has 3 rings (SSSR count). The molecule has 0 aliphatic carbocycles. The van der Waals surface area contributed by atoms with E-state index in [0.29, 0.717) is 36.8 Å². The molecule has 0 bridgehead atoms. The Kier molecular flexibility index (Phi) is 5.13. The summed E-state index contributed by atoms with van der Waals surface area (Å²) in [7, 11) is 0. The minimum Gasteiger partial charge on any atom is -0.489 e. The van der Waals surface area contributed by atoms with Gasteiger partial charge >= 0.3 is 5.97 Å². The maximum Gasteiger partial charge on any atom is 0.339 e. The number of nitrogens with zero attached hydrogens (tertiary/aromatic N) is 1. The summed E-state index contributed by atoms with van der Waals surface area (Å²) >= 11 is 0. The van der Waals surface area contributed by atoms with E-state index in [1.54, 1.807) is 19.1 Å². The zero-order valence-corrected chi connectivity index (χ0v) is 15.2. The zero-order valence-electron chi connectivity index (χ0n) is 15.2. The predicted octanol–water partition coefficient (Wildman–Crippen LogP) is 3.46. The number of ether oxygens (including phenoxy) is 3. The Labute approximate surface area is 153 Å². The summed E-state index contributed by atoms with van der Waals surface area (Å²) in [4.78, 5) is 15.8. The SMILES string of the molecule is CCOC(=O)c1ccc(C#Cc2ccc3c(c2)OCC(C)(C)CO3)nc1. The maximum atomic E-state index is 11.6. The van der Waals surface area contributed by atoms with Gasteiger partial charge in [-0.15, -0.1) is 0 Å². The third-order valence-electron chi connectivity index (χ3n) is 3.79. The second kappa shape index (κ2) is 7.49. The summed E-state index contributed by atoms with van der Waals surface area (Å²) in [6.07, 6.45) is 1.47. The van der Waals surface area contributed by atoms with Crippen molar-refractivity contribution in [2.24, 2.45) is 5.41 Å². The Morgan fingerprint density at radius 1 is 1.15 bits per heavy atom. The highest BCUT2D eigenvalue weighted by Gasteiger charge is 2.25. The Morgan fingerprint density at radius 3 is 2.62 bits per heavy atom. The van der Waals surface area contributed by atoms with Crippen LogP contribution in [0.5, 0.6) is 11.5 Å². The normalized spacial score (nSPS) is 14.6. The van der Waals surface area contributed by atoms with Crippen molar-refractivity contribution in [1.82, 2.24) is 4.98 Å². The average Bonchev–Trinajstić information content (AvgIpc) is 2.79. The topological polar surface area (TPSA) is 57.7 Å². The van der Waals surface area contributed by atoms with E-state index in [1.807, 2.05) is 18.2 Å². The largest absolute Gasteiger partial charge is 0.489 e. The third-order valence-corrected chi connectivity index (χ3v) is 3.79. The van der Waals surface area contributed by atoms with E-state index < -0.39 is 0 Å². The van der Waals surface area contributed by atoms with E-state index in [4.69, 9.17) is 14.2 Å². The van der Waals surface area contributed by atoms with Crippen molar-refractivity contribution in [3.05, 3.63) is 53.3 Å². The smallest absolute Gasteiger partial charge is 0.339 e. The summed E-state index contributed by atoms with van der Waals surface area (Å²) in [6.45, 7) is 7.51. The van der Waals surface area contributed by atoms with Gasteiger partial charge in [0.1, 0.15) is 5.69 Å². The first-order valence-corrected chi connectivity index (χ1v) is 8.52. The van der Waals surface area contributed by atoms with Crippen LogP contribution >= 0.6 is 0 Å². The number of aromatic nitrogens is 1. The van der Waals surface area contributed by atoms with Gasteiger partial charge in [0, 0.05) is 17.2 Å². The molecule has 0 saturated heterocycles. The molecule has 0 atom stereocenters. The molecular formula is C21H21NO4.